The van der Waals surface area contributed by atoms with E-state index >= 15 is 0 Å². The third kappa shape index (κ3) is 3.10. The van der Waals surface area contributed by atoms with Gasteiger partial charge in [-0.3, -0.25) is 4.79 Å². The van der Waals surface area contributed by atoms with Gasteiger partial charge in [-0.15, -0.1) is 0 Å². The van der Waals surface area contributed by atoms with E-state index in [0.717, 1.165) is 12.0 Å². The Kier molecular flexibility index (Phi) is 4.01. The van der Waals surface area contributed by atoms with E-state index in [0.29, 0.717) is 19.4 Å². The number of nitrogens with one attached hydrogen (secondary N) is 1. The van der Waals surface area contributed by atoms with Crippen LogP contribution in [-0.2, 0) is 21.2 Å². The molecule has 1 aromatic carbocycles. The van der Waals surface area contributed by atoms with Gasteiger partial charge in [0.05, 0.1) is 5.75 Å². The molecule has 0 spiro atoms. The van der Waals surface area contributed by atoms with Gasteiger partial charge in [-0.2, -0.15) is 0 Å². The molecule has 5 heteroatoms. The number of hydrogen-bond donors (Lipinski definition) is 1. The standard InChI is InChI=1S/C13H17NO3S/c15-13(12-8-4-5-9-18(12,16)17)14-10-11-6-2-1-3-7-11/h1-3,6-7,12H,4-5,8-10H2,(H,14,15). The highest BCUT2D eigenvalue weighted by Gasteiger charge is 2.34. The highest BCUT2D eigenvalue weighted by Crippen LogP contribution is 2.19. The highest BCUT2D eigenvalue weighted by molar-refractivity contribution is 7.92. The summed E-state index contributed by atoms with van der Waals surface area (Å²) in [5.41, 5.74) is 0.971. The number of benzene rings is 1. The van der Waals surface area contributed by atoms with E-state index < -0.39 is 15.1 Å². The number of amides is 1. The molecule has 1 heterocycles. The molecule has 4 nitrogen and oxygen atoms in total. The maximum atomic E-state index is 11.9. The van der Waals surface area contributed by atoms with E-state index in [2.05, 4.69) is 5.32 Å². The summed E-state index contributed by atoms with van der Waals surface area (Å²) in [4.78, 5) is 11.9. The van der Waals surface area contributed by atoms with Gasteiger partial charge in [0.25, 0.3) is 0 Å². The lowest BCUT2D eigenvalue weighted by Gasteiger charge is -2.21. The molecule has 1 unspecified atom stereocenters. The number of carbonyl (C=O) groups is 1. The molecule has 0 aliphatic carbocycles. The number of rotatable bonds is 3. The summed E-state index contributed by atoms with van der Waals surface area (Å²) in [6.45, 7) is 0.381. The molecule has 2 rings (SSSR count). The first-order valence-corrected chi connectivity index (χ1v) is 7.84. The molecule has 1 saturated heterocycles. The highest BCUT2D eigenvalue weighted by atomic mass is 32.2. The van der Waals surface area contributed by atoms with E-state index in [-0.39, 0.29) is 11.7 Å². The minimum absolute atomic E-state index is 0.135. The van der Waals surface area contributed by atoms with Crippen molar-refractivity contribution >= 4 is 15.7 Å². The SMILES string of the molecule is O=C(NCc1ccccc1)C1CCCCS1(=O)=O. The normalized spacial score (nSPS) is 22.3. The largest absolute Gasteiger partial charge is 0.351 e. The second kappa shape index (κ2) is 5.52. The first kappa shape index (κ1) is 13.1. The number of hydrogen-bond acceptors (Lipinski definition) is 3. The lowest BCUT2D eigenvalue weighted by molar-refractivity contribution is -0.121. The Labute approximate surface area is 107 Å². The fourth-order valence-corrected chi connectivity index (χ4v) is 3.97. The molecule has 1 aromatic rings. The molecule has 1 amide bonds. The molecular formula is C13H17NO3S. The maximum Gasteiger partial charge on any atom is 0.238 e. The first-order chi connectivity index (χ1) is 8.59. The van der Waals surface area contributed by atoms with E-state index in [4.69, 9.17) is 0 Å². The fourth-order valence-electron chi connectivity index (χ4n) is 2.15. The summed E-state index contributed by atoms with van der Waals surface area (Å²) in [7, 11) is -3.24. The fraction of sp³-hybridized carbons (Fsp3) is 0.462. The molecule has 0 radical (unpaired) electrons. The Morgan fingerprint density at radius 1 is 1.22 bits per heavy atom. The molecule has 0 bridgehead atoms. The van der Waals surface area contributed by atoms with Crippen LogP contribution in [-0.4, -0.2) is 25.3 Å². The molecule has 98 valence electrons. The van der Waals surface area contributed by atoms with Crippen LogP contribution in [0, 0.1) is 0 Å². The smallest absolute Gasteiger partial charge is 0.238 e. The van der Waals surface area contributed by atoms with Crippen LogP contribution >= 0.6 is 0 Å². The van der Waals surface area contributed by atoms with Gasteiger partial charge in [-0.1, -0.05) is 36.8 Å². The Morgan fingerprint density at radius 2 is 1.94 bits per heavy atom. The average Bonchev–Trinajstić information content (AvgIpc) is 2.37. The van der Waals surface area contributed by atoms with Gasteiger partial charge >= 0.3 is 0 Å². The monoisotopic (exact) mass is 267 g/mol. The van der Waals surface area contributed by atoms with Crippen molar-refractivity contribution in [2.75, 3.05) is 5.75 Å². The van der Waals surface area contributed by atoms with Crippen molar-refractivity contribution in [3.05, 3.63) is 35.9 Å². The molecule has 0 saturated carbocycles. The zero-order chi connectivity index (χ0) is 13.0. The molecule has 0 aromatic heterocycles. The predicted molar refractivity (Wildman–Crippen MR) is 69.7 cm³/mol. The maximum absolute atomic E-state index is 11.9. The van der Waals surface area contributed by atoms with Crippen molar-refractivity contribution in [3.63, 3.8) is 0 Å². The molecular weight excluding hydrogens is 250 g/mol. The Balaban J connectivity index is 1.96. The van der Waals surface area contributed by atoms with Crippen LogP contribution in [0.2, 0.25) is 0 Å². The van der Waals surface area contributed by atoms with Gasteiger partial charge in [0.15, 0.2) is 9.84 Å². The van der Waals surface area contributed by atoms with Crippen LogP contribution in [0.15, 0.2) is 30.3 Å². The minimum Gasteiger partial charge on any atom is -0.351 e. The molecule has 1 aliphatic heterocycles. The molecule has 1 aliphatic rings. The predicted octanol–water partition coefficient (Wildman–Crippen LogP) is 1.27. The molecule has 18 heavy (non-hydrogen) atoms. The van der Waals surface area contributed by atoms with E-state index in [9.17, 15) is 13.2 Å². The third-order valence-corrected chi connectivity index (χ3v) is 5.36. The summed E-state index contributed by atoms with van der Waals surface area (Å²) in [5, 5.41) is 1.85. The van der Waals surface area contributed by atoms with Crippen LogP contribution < -0.4 is 5.32 Å². The quantitative estimate of drug-likeness (QED) is 0.897. The topological polar surface area (TPSA) is 63.2 Å². The lowest BCUT2D eigenvalue weighted by atomic mass is 10.1. The molecule has 1 atom stereocenters. The average molecular weight is 267 g/mol. The van der Waals surface area contributed by atoms with E-state index in [1.165, 1.54) is 0 Å². The van der Waals surface area contributed by atoms with Gasteiger partial charge in [0.2, 0.25) is 5.91 Å². The minimum atomic E-state index is -3.24. The van der Waals surface area contributed by atoms with Crippen LogP contribution in [0.4, 0.5) is 0 Å². The van der Waals surface area contributed by atoms with Crippen molar-refractivity contribution in [1.29, 1.82) is 0 Å². The van der Waals surface area contributed by atoms with Crippen LogP contribution in [0.25, 0.3) is 0 Å². The van der Waals surface area contributed by atoms with Crippen molar-refractivity contribution in [1.82, 2.24) is 5.32 Å². The van der Waals surface area contributed by atoms with Crippen molar-refractivity contribution in [2.45, 2.75) is 31.1 Å². The van der Waals surface area contributed by atoms with Gasteiger partial charge in [0, 0.05) is 6.54 Å². The lowest BCUT2D eigenvalue weighted by Crippen LogP contribution is -2.42. The third-order valence-electron chi connectivity index (χ3n) is 3.18. The van der Waals surface area contributed by atoms with Crippen LogP contribution in [0.5, 0.6) is 0 Å². The summed E-state index contributed by atoms with van der Waals surface area (Å²) in [5.74, 6) is -0.227. The van der Waals surface area contributed by atoms with E-state index in [1.807, 2.05) is 30.3 Å². The molecule has 1 N–H and O–H groups in total. The Bertz CT molecular complexity index is 510. The molecule has 1 fully saturated rings. The zero-order valence-corrected chi connectivity index (χ0v) is 10.9. The second-order valence-electron chi connectivity index (χ2n) is 4.55. The summed E-state index contributed by atoms with van der Waals surface area (Å²) < 4.78 is 23.5. The second-order valence-corrected chi connectivity index (χ2v) is 6.86. The van der Waals surface area contributed by atoms with Crippen molar-refractivity contribution < 1.29 is 13.2 Å². The van der Waals surface area contributed by atoms with Crippen molar-refractivity contribution in [3.8, 4) is 0 Å². The van der Waals surface area contributed by atoms with Gasteiger partial charge < -0.3 is 5.32 Å². The van der Waals surface area contributed by atoms with Gasteiger partial charge in [-0.05, 0) is 18.4 Å². The number of sulfone groups is 1. The van der Waals surface area contributed by atoms with Gasteiger partial charge in [0.1, 0.15) is 5.25 Å². The zero-order valence-electron chi connectivity index (χ0n) is 10.1. The summed E-state index contributed by atoms with van der Waals surface area (Å²) >= 11 is 0. The van der Waals surface area contributed by atoms with Crippen LogP contribution in [0.1, 0.15) is 24.8 Å². The Hall–Kier alpha value is -1.36. The first-order valence-electron chi connectivity index (χ1n) is 6.13. The van der Waals surface area contributed by atoms with Gasteiger partial charge in [-0.25, -0.2) is 8.42 Å². The summed E-state index contributed by atoms with van der Waals surface area (Å²) in [6.07, 6.45) is 1.93. The summed E-state index contributed by atoms with van der Waals surface area (Å²) in [6, 6.07) is 9.47. The number of carbonyl (C=O) groups excluding carboxylic acids is 1. The van der Waals surface area contributed by atoms with Crippen LogP contribution in [0.3, 0.4) is 0 Å². The van der Waals surface area contributed by atoms with E-state index in [1.54, 1.807) is 0 Å². The Morgan fingerprint density at radius 3 is 2.61 bits per heavy atom. The van der Waals surface area contributed by atoms with Crippen molar-refractivity contribution in [2.24, 2.45) is 0 Å².